The van der Waals surface area contributed by atoms with Gasteiger partial charge in [-0.3, -0.25) is 0 Å². The maximum absolute atomic E-state index is 5.59. The Morgan fingerprint density at radius 3 is 2.54 bits per heavy atom. The van der Waals surface area contributed by atoms with Crippen LogP contribution >= 0.6 is 0 Å². The molecule has 2 heterocycles. The summed E-state index contributed by atoms with van der Waals surface area (Å²) < 4.78 is 15.2. The predicted molar refractivity (Wildman–Crippen MR) is 111 cm³/mol. The molecule has 2 aromatic heterocycles. The van der Waals surface area contributed by atoms with Crippen LogP contribution in [0.5, 0.6) is 11.5 Å². The lowest BCUT2D eigenvalue weighted by atomic mass is 10.1. The molecule has 4 rings (SSSR count). The normalized spacial score (nSPS) is 10.8. The van der Waals surface area contributed by atoms with E-state index in [1.807, 2.05) is 62.0 Å². The average molecular weight is 373 g/mol. The number of para-hydroxylation sites is 1. The number of nitrogens with zero attached hydrogens (tertiary/aromatic N) is 3. The van der Waals surface area contributed by atoms with Gasteiger partial charge in [-0.1, -0.05) is 24.3 Å². The van der Waals surface area contributed by atoms with Crippen LogP contribution in [0.15, 0.2) is 73.2 Å². The molecular formula is C23H23N3O2. The molecule has 5 nitrogen and oxygen atoms in total. The van der Waals surface area contributed by atoms with E-state index in [0.29, 0.717) is 6.54 Å². The van der Waals surface area contributed by atoms with Gasteiger partial charge < -0.3 is 18.6 Å². The van der Waals surface area contributed by atoms with Gasteiger partial charge in [-0.05, 0) is 42.0 Å². The van der Waals surface area contributed by atoms with Crippen LogP contribution < -0.4 is 9.47 Å². The summed E-state index contributed by atoms with van der Waals surface area (Å²) in [5.41, 5.74) is 5.19. The zero-order valence-corrected chi connectivity index (χ0v) is 16.3. The third-order valence-corrected chi connectivity index (χ3v) is 4.87. The van der Waals surface area contributed by atoms with Crippen molar-refractivity contribution in [3.63, 3.8) is 0 Å². The molecule has 0 aliphatic heterocycles. The van der Waals surface area contributed by atoms with Crippen molar-refractivity contribution in [1.82, 2.24) is 14.1 Å². The second-order valence-electron chi connectivity index (χ2n) is 6.63. The summed E-state index contributed by atoms with van der Waals surface area (Å²) in [4.78, 5) is 4.77. The van der Waals surface area contributed by atoms with Gasteiger partial charge in [0.1, 0.15) is 17.2 Å². The van der Waals surface area contributed by atoms with Crippen LogP contribution in [0.25, 0.3) is 22.6 Å². The number of hydrogen-bond donors (Lipinski definition) is 0. The van der Waals surface area contributed by atoms with E-state index in [1.165, 1.54) is 0 Å². The van der Waals surface area contributed by atoms with E-state index in [4.69, 9.17) is 14.5 Å². The fourth-order valence-corrected chi connectivity index (χ4v) is 3.48. The quantitative estimate of drug-likeness (QED) is 0.495. The van der Waals surface area contributed by atoms with Gasteiger partial charge in [0.2, 0.25) is 0 Å². The van der Waals surface area contributed by atoms with E-state index in [9.17, 15) is 0 Å². The Morgan fingerprint density at radius 2 is 1.79 bits per heavy atom. The minimum absolute atomic E-state index is 0.694. The zero-order valence-electron chi connectivity index (χ0n) is 16.3. The first-order valence-electron chi connectivity index (χ1n) is 9.14. The van der Waals surface area contributed by atoms with Gasteiger partial charge in [0, 0.05) is 25.4 Å². The van der Waals surface area contributed by atoms with Crippen molar-refractivity contribution in [1.29, 1.82) is 0 Å². The molecule has 0 aliphatic carbocycles. The highest BCUT2D eigenvalue weighted by atomic mass is 16.5. The second-order valence-corrected chi connectivity index (χ2v) is 6.63. The topological polar surface area (TPSA) is 41.2 Å². The lowest BCUT2D eigenvalue weighted by molar-refractivity contribution is 0.414. The number of rotatable bonds is 6. The molecule has 0 unspecified atom stereocenters. The Bertz CT molecular complexity index is 1090. The largest absolute Gasteiger partial charge is 0.497 e. The molecule has 5 heteroatoms. The van der Waals surface area contributed by atoms with E-state index in [-0.39, 0.29) is 0 Å². The van der Waals surface area contributed by atoms with Crippen molar-refractivity contribution in [3.8, 4) is 34.1 Å². The fourth-order valence-electron chi connectivity index (χ4n) is 3.48. The first kappa shape index (κ1) is 17.9. The van der Waals surface area contributed by atoms with Crippen molar-refractivity contribution < 1.29 is 9.47 Å². The molecule has 0 fully saturated rings. The summed E-state index contributed by atoms with van der Waals surface area (Å²) in [5, 5.41) is 0. The smallest absolute Gasteiger partial charge is 0.128 e. The minimum Gasteiger partial charge on any atom is -0.497 e. The highest BCUT2D eigenvalue weighted by Gasteiger charge is 2.19. The Kier molecular flexibility index (Phi) is 4.89. The van der Waals surface area contributed by atoms with Gasteiger partial charge in [-0.15, -0.1) is 0 Å². The molecule has 0 bridgehead atoms. The van der Waals surface area contributed by atoms with Crippen LogP contribution in [0, 0.1) is 0 Å². The lowest BCUT2D eigenvalue weighted by Gasteiger charge is -2.13. The summed E-state index contributed by atoms with van der Waals surface area (Å²) >= 11 is 0. The number of methoxy groups -OCH3 is 2. The highest BCUT2D eigenvalue weighted by Crippen LogP contribution is 2.36. The Hall–Kier alpha value is -3.47. The second kappa shape index (κ2) is 7.64. The molecule has 4 aromatic rings. The average Bonchev–Trinajstić information content (AvgIpc) is 3.33. The van der Waals surface area contributed by atoms with Crippen molar-refractivity contribution >= 4 is 0 Å². The fraction of sp³-hybridized carbons (Fsp3) is 0.174. The van der Waals surface area contributed by atoms with Gasteiger partial charge in [0.15, 0.2) is 0 Å². The summed E-state index contributed by atoms with van der Waals surface area (Å²) in [6, 6.07) is 20.3. The van der Waals surface area contributed by atoms with E-state index >= 15 is 0 Å². The maximum atomic E-state index is 5.59. The first-order chi connectivity index (χ1) is 13.7. The minimum atomic E-state index is 0.694. The van der Waals surface area contributed by atoms with Crippen molar-refractivity contribution in [2.24, 2.45) is 7.05 Å². The van der Waals surface area contributed by atoms with Gasteiger partial charge >= 0.3 is 0 Å². The summed E-state index contributed by atoms with van der Waals surface area (Å²) in [7, 11) is 5.42. The number of aromatic nitrogens is 3. The third kappa shape index (κ3) is 3.27. The number of hydrogen-bond acceptors (Lipinski definition) is 3. The van der Waals surface area contributed by atoms with Crippen molar-refractivity contribution in [3.05, 3.63) is 78.8 Å². The molecule has 0 amide bonds. The SMILES string of the molecule is COc1cccc(Cn2cnc(-c3ccccc3OC)c2-c2cccn2C)c1. The van der Waals surface area contributed by atoms with E-state index < -0.39 is 0 Å². The molecule has 0 N–H and O–H groups in total. The Balaban J connectivity index is 1.86. The molecule has 2 aromatic carbocycles. The maximum Gasteiger partial charge on any atom is 0.128 e. The molecule has 0 spiro atoms. The Morgan fingerprint density at radius 1 is 0.929 bits per heavy atom. The van der Waals surface area contributed by atoms with E-state index in [1.54, 1.807) is 14.2 Å². The summed E-state index contributed by atoms with van der Waals surface area (Å²) in [6.45, 7) is 0.694. The highest BCUT2D eigenvalue weighted by molar-refractivity contribution is 5.80. The van der Waals surface area contributed by atoms with E-state index in [0.717, 1.165) is 39.7 Å². The molecule has 142 valence electrons. The monoisotopic (exact) mass is 373 g/mol. The summed E-state index contributed by atoms with van der Waals surface area (Å²) in [6.07, 6.45) is 3.94. The van der Waals surface area contributed by atoms with E-state index in [2.05, 4.69) is 27.3 Å². The molecular weight excluding hydrogens is 350 g/mol. The van der Waals surface area contributed by atoms with Crippen LogP contribution in [-0.4, -0.2) is 28.3 Å². The number of benzene rings is 2. The van der Waals surface area contributed by atoms with Crippen LogP contribution in [0.4, 0.5) is 0 Å². The third-order valence-electron chi connectivity index (χ3n) is 4.87. The number of aryl methyl sites for hydroxylation is 1. The zero-order chi connectivity index (χ0) is 19.5. The summed E-state index contributed by atoms with van der Waals surface area (Å²) in [5.74, 6) is 1.66. The molecule has 28 heavy (non-hydrogen) atoms. The van der Waals surface area contributed by atoms with Gasteiger partial charge in [-0.25, -0.2) is 4.98 Å². The lowest BCUT2D eigenvalue weighted by Crippen LogP contribution is -2.04. The molecule has 0 atom stereocenters. The number of imidazole rings is 1. The molecule has 0 aliphatic rings. The molecule has 0 saturated heterocycles. The van der Waals surface area contributed by atoms with Crippen LogP contribution in [0.1, 0.15) is 5.56 Å². The van der Waals surface area contributed by atoms with Gasteiger partial charge in [0.25, 0.3) is 0 Å². The predicted octanol–water partition coefficient (Wildman–Crippen LogP) is 4.62. The first-order valence-corrected chi connectivity index (χ1v) is 9.14. The Labute approximate surface area is 164 Å². The van der Waals surface area contributed by atoms with Crippen LogP contribution in [0.2, 0.25) is 0 Å². The van der Waals surface area contributed by atoms with Crippen LogP contribution in [0.3, 0.4) is 0 Å². The molecule has 0 saturated carbocycles. The van der Waals surface area contributed by atoms with Crippen LogP contribution in [-0.2, 0) is 13.6 Å². The van der Waals surface area contributed by atoms with Crippen molar-refractivity contribution in [2.75, 3.05) is 14.2 Å². The van der Waals surface area contributed by atoms with Gasteiger partial charge in [-0.2, -0.15) is 0 Å². The van der Waals surface area contributed by atoms with Crippen molar-refractivity contribution in [2.45, 2.75) is 6.54 Å². The molecule has 0 radical (unpaired) electrons. The number of ether oxygens (including phenoxy) is 2. The van der Waals surface area contributed by atoms with Gasteiger partial charge in [0.05, 0.1) is 31.9 Å². The standard InChI is InChI=1S/C23H23N3O2/c1-25-13-7-11-20(25)23-22(19-10-4-5-12-21(19)28-3)24-16-26(23)15-17-8-6-9-18(14-17)27-2/h4-14,16H,15H2,1-3H3.